The molecule has 0 radical (unpaired) electrons. The summed E-state index contributed by atoms with van der Waals surface area (Å²) >= 11 is 5.69. The lowest BCUT2D eigenvalue weighted by molar-refractivity contribution is 0.209. The molecule has 1 fully saturated rings. The average molecular weight is 189 g/mol. The minimum absolute atomic E-state index is 0.846. The molecule has 0 aromatic carbocycles. The molecular formula is C11H21Cl. The van der Waals surface area contributed by atoms with E-state index in [2.05, 4.69) is 13.8 Å². The zero-order valence-electron chi connectivity index (χ0n) is 8.35. The molecule has 72 valence electrons. The van der Waals surface area contributed by atoms with Crippen LogP contribution in [0.1, 0.15) is 46.0 Å². The summed E-state index contributed by atoms with van der Waals surface area (Å²) in [5.74, 6) is 3.73. The Kier molecular flexibility index (Phi) is 4.42. The molecule has 0 saturated heterocycles. The molecule has 1 aliphatic rings. The maximum atomic E-state index is 5.69. The third-order valence-electron chi connectivity index (χ3n) is 3.02. The molecule has 0 spiro atoms. The van der Waals surface area contributed by atoms with Gasteiger partial charge in [0.05, 0.1) is 0 Å². The van der Waals surface area contributed by atoms with E-state index in [4.69, 9.17) is 11.6 Å². The molecule has 2 unspecified atom stereocenters. The summed E-state index contributed by atoms with van der Waals surface area (Å²) in [6.07, 6.45) is 6.91. The van der Waals surface area contributed by atoms with Gasteiger partial charge in [-0.3, -0.25) is 0 Å². The molecule has 2 atom stereocenters. The molecule has 0 bridgehead atoms. The first-order valence-electron chi connectivity index (χ1n) is 5.28. The van der Waals surface area contributed by atoms with Crippen LogP contribution in [0.5, 0.6) is 0 Å². The van der Waals surface area contributed by atoms with Gasteiger partial charge in [-0.15, -0.1) is 11.6 Å². The van der Waals surface area contributed by atoms with Crippen molar-refractivity contribution < 1.29 is 0 Å². The highest BCUT2D eigenvalue weighted by Crippen LogP contribution is 2.35. The monoisotopic (exact) mass is 188 g/mol. The van der Waals surface area contributed by atoms with Gasteiger partial charge in [0.1, 0.15) is 0 Å². The zero-order chi connectivity index (χ0) is 8.97. The maximum absolute atomic E-state index is 5.69. The molecule has 0 heterocycles. The summed E-state index contributed by atoms with van der Waals surface area (Å²) < 4.78 is 0. The Morgan fingerprint density at radius 3 is 2.17 bits per heavy atom. The van der Waals surface area contributed by atoms with Crippen LogP contribution in [0.2, 0.25) is 0 Å². The van der Waals surface area contributed by atoms with Crippen molar-refractivity contribution in [3.8, 4) is 0 Å². The summed E-state index contributed by atoms with van der Waals surface area (Å²) in [7, 11) is 0. The molecule has 1 heteroatoms. The van der Waals surface area contributed by atoms with Gasteiger partial charge >= 0.3 is 0 Å². The Morgan fingerprint density at radius 2 is 1.67 bits per heavy atom. The SMILES string of the molecule is CC1CC(C)CC(CCCCl)C1. The summed E-state index contributed by atoms with van der Waals surface area (Å²) in [5.41, 5.74) is 0. The summed E-state index contributed by atoms with van der Waals surface area (Å²) in [6, 6.07) is 0. The minimum Gasteiger partial charge on any atom is -0.127 e. The van der Waals surface area contributed by atoms with Crippen molar-refractivity contribution in [3.05, 3.63) is 0 Å². The summed E-state index contributed by atoms with van der Waals surface area (Å²) in [4.78, 5) is 0. The van der Waals surface area contributed by atoms with Crippen LogP contribution in [0.3, 0.4) is 0 Å². The Balaban J connectivity index is 2.24. The van der Waals surface area contributed by atoms with Crippen molar-refractivity contribution >= 4 is 11.6 Å². The smallest absolute Gasteiger partial charge is 0.0223 e. The highest BCUT2D eigenvalue weighted by atomic mass is 35.5. The van der Waals surface area contributed by atoms with Crippen LogP contribution in [0, 0.1) is 17.8 Å². The fourth-order valence-electron chi connectivity index (χ4n) is 2.72. The fraction of sp³-hybridized carbons (Fsp3) is 1.00. The van der Waals surface area contributed by atoms with Crippen LogP contribution in [0.25, 0.3) is 0 Å². The van der Waals surface area contributed by atoms with Crippen LogP contribution in [0.4, 0.5) is 0 Å². The second-order valence-electron chi connectivity index (χ2n) is 4.61. The Morgan fingerprint density at radius 1 is 1.08 bits per heavy atom. The highest BCUT2D eigenvalue weighted by Gasteiger charge is 2.22. The lowest BCUT2D eigenvalue weighted by atomic mass is 9.75. The van der Waals surface area contributed by atoms with Crippen LogP contribution >= 0.6 is 11.6 Å². The van der Waals surface area contributed by atoms with E-state index >= 15 is 0 Å². The topological polar surface area (TPSA) is 0 Å². The summed E-state index contributed by atoms with van der Waals surface area (Å²) in [5, 5.41) is 0. The van der Waals surface area contributed by atoms with E-state index in [0.717, 1.165) is 23.6 Å². The normalized spacial score (nSPS) is 36.8. The largest absolute Gasteiger partial charge is 0.127 e. The number of hydrogen-bond acceptors (Lipinski definition) is 0. The first-order chi connectivity index (χ1) is 5.72. The van der Waals surface area contributed by atoms with Crippen molar-refractivity contribution in [3.63, 3.8) is 0 Å². The van der Waals surface area contributed by atoms with E-state index in [1.165, 1.54) is 32.1 Å². The van der Waals surface area contributed by atoms with E-state index in [1.54, 1.807) is 0 Å². The zero-order valence-corrected chi connectivity index (χ0v) is 9.11. The van der Waals surface area contributed by atoms with Crippen LogP contribution in [0.15, 0.2) is 0 Å². The van der Waals surface area contributed by atoms with Gasteiger partial charge in [0.25, 0.3) is 0 Å². The average Bonchev–Trinajstić information content (AvgIpc) is 1.99. The molecule has 0 nitrogen and oxygen atoms in total. The van der Waals surface area contributed by atoms with Gasteiger partial charge < -0.3 is 0 Å². The van der Waals surface area contributed by atoms with Crippen molar-refractivity contribution in [2.24, 2.45) is 17.8 Å². The second kappa shape index (κ2) is 5.11. The first kappa shape index (κ1) is 10.4. The predicted molar refractivity (Wildman–Crippen MR) is 55.6 cm³/mol. The van der Waals surface area contributed by atoms with E-state index < -0.39 is 0 Å². The Labute approximate surface area is 81.7 Å². The molecular weight excluding hydrogens is 168 g/mol. The third kappa shape index (κ3) is 3.35. The van der Waals surface area contributed by atoms with E-state index in [0.29, 0.717) is 0 Å². The van der Waals surface area contributed by atoms with E-state index in [-0.39, 0.29) is 0 Å². The first-order valence-corrected chi connectivity index (χ1v) is 5.81. The Bertz CT molecular complexity index is 112. The van der Waals surface area contributed by atoms with Crippen molar-refractivity contribution in [2.45, 2.75) is 46.0 Å². The predicted octanol–water partition coefficient (Wildman–Crippen LogP) is 4.08. The number of rotatable bonds is 3. The van der Waals surface area contributed by atoms with Crippen molar-refractivity contribution in [1.29, 1.82) is 0 Å². The molecule has 0 amide bonds. The summed E-state index contributed by atoms with van der Waals surface area (Å²) in [6.45, 7) is 4.78. The number of alkyl halides is 1. The van der Waals surface area contributed by atoms with Gasteiger partial charge in [-0.05, 0) is 49.9 Å². The second-order valence-corrected chi connectivity index (χ2v) is 4.99. The number of hydrogen-bond donors (Lipinski definition) is 0. The van der Waals surface area contributed by atoms with Gasteiger partial charge in [-0.2, -0.15) is 0 Å². The van der Waals surface area contributed by atoms with E-state index in [9.17, 15) is 0 Å². The number of halogens is 1. The van der Waals surface area contributed by atoms with Crippen molar-refractivity contribution in [2.75, 3.05) is 5.88 Å². The lowest BCUT2D eigenvalue weighted by Gasteiger charge is -2.31. The quantitative estimate of drug-likeness (QED) is 0.586. The van der Waals surface area contributed by atoms with Gasteiger partial charge in [0, 0.05) is 5.88 Å². The standard InChI is InChI=1S/C11H21Cl/c1-9-6-10(2)8-11(7-9)4-3-5-12/h9-11H,3-8H2,1-2H3. The van der Waals surface area contributed by atoms with Gasteiger partial charge in [-0.1, -0.05) is 13.8 Å². The van der Waals surface area contributed by atoms with Crippen LogP contribution in [-0.2, 0) is 0 Å². The van der Waals surface area contributed by atoms with Gasteiger partial charge in [0.15, 0.2) is 0 Å². The molecule has 1 aliphatic carbocycles. The van der Waals surface area contributed by atoms with Crippen molar-refractivity contribution in [1.82, 2.24) is 0 Å². The van der Waals surface area contributed by atoms with Crippen LogP contribution < -0.4 is 0 Å². The molecule has 1 saturated carbocycles. The van der Waals surface area contributed by atoms with Gasteiger partial charge in [0.2, 0.25) is 0 Å². The molecule has 0 N–H and O–H groups in total. The maximum Gasteiger partial charge on any atom is 0.0223 e. The van der Waals surface area contributed by atoms with E-state index in [1.807, 2.05) is 0 Å². The molecule has 0 aromatic heterocycles. The fourth-order valence-corrected chi connectivity index (χ4v) is 2.87. The lowest BCUT2D eigenvalue weighted by Crippen LogP contribution is -2.19. The van der Waals surface area contributed by atoms with Crippen LogP contribution in [-0.4, -0.2) is 5.88 Å². The third-order valence-corrected chi connectivity index (χ3v) is 3.29. The molecule has 0 aromatic rings. The highest BCUT2D eigenvalue weighted by molar-refractivity contribution is 6.17. The molecule has 0 aliphatic heterocycles. The molecule has 1 rings (SSSR count). The minimum atomic E-state index is 0.846. The Hall–Kier alpha value is 0.290. The van der Waals surface area contributed by atoms with Gasteiger partial charge in [-0.25, -0.2) is 0 Å². The molecule has 12 heavy (non-hydrogen) atoms.